The molecule has 8 rings (SSSR count). The molecular weight excluding hydrogens is 1080 g/mol. The van der Waals surface area contributed by atoms with Gasteiger partial charge in [0.05, 0.1) is 30.5 Å². The largest absolute Gasteiger partial charge is 0.508 e. The van der Waals surface area contributed by atoms with Crippen LogP contribution in [0.25, 0.3) is 31.5 Å². The van der Waals surface area contributed by atoms with Gasteiger partial charge in [-0.05, 0) is 146 Å². The van der Waals surface area contributed by atoms with Crippen molar-refractivity contribution < 1.29 is 64.8 Å². The van der Waals surface area contributed by atoms with E-state index in [2.05, 4.69) is 29.6 Å². The normalized spacial score (nSPS) is 15.0. The maximum absolute atomic E-state index is 15.5. The van der Waals surface area contributed by atoms with Gasteiger partial charge in [-0.1, -0.05) is 12.1 Å². The number of ether oxygens (including phenoxy) is 4. The Morgan fingerprint density at radius 1 is 0.658 bits per heavy atom. The van der Waals surface area contributed by atoms with Gasteiger partial charge >= 0.3 is 6.16 Å². The molecule has 1 N–H and O–H groups in total. The van der Waals surface area contributed by atoms with Gasteiger partial charge in [-0.25, -0.2) is 50.8 Å². The van der Waals surface area contributed by atoms with E-state index in [0.717, 1.165) is 12.1 Å². The first-order chi connectivity index (χ1) is 37.0. The van der Waals surface area contributed by atoms with E-state index in [9.17, 15) is 31.9 Å². The van der Waals surface area contributed by atoms with Gasteiger partial charge in [0.1, 0.15) is 47.5 Å². The average molecular weight is 1130 g/mol. The van der Waals surface area contributed by atoms with Crippen LogP contribution in [0.4, 0.5) is 65.3 Å². The summed E-state index contributed by atoms with van der Waals surface area (Å²) < 4.78 is 105. The van der Waals surface area contributed by atoms with Crippen LogP contribution in [0.3, 0.4) is 0 Å². The molecule has 2 saturated heterocycles. The molecule has 2 fully saturated rings. The molecule has 6 aromatic rings. The van der Waals surface area contributed by atoms with Crippen molar-refractivity contribution in [3.05, 3.63) is 118 Å². The van der Waals surface area contributed by atoms with Gasteiger partial charge in [0, 0.05) is 22.7 Å². The van der Waals surface area contributed by atoms with Crippen molar-refractivity contribution in [3.63, 3.8) is 0 Å². The van der Waals surface area contributed by atoms with Crippen molar-refractivity contribution in [1.29, 1.82) is 0 Å². The molecule has 2 aromatic heterocycles. The predicted molar refractivity (Wildman–Crippen MR) is 287 cm³/mol. The lowest BCUT2D eigenvalue weighted by Gasteiger charge is -2.29. The highest BCUT2D eigenvalue weighted by atomic mass is 32.1. The number of aliphatic hydroxyl groups is 1. The summed E-state index contributed by atoms with van der Waals surface area (Å²) in [6.07, 6.45) is -7.15. The van der Waals surface area contributed by atoms with Crippen molar-refractivity contribution in [2.45, 2.75) is 91.8 Å². The van der Waals surface area contributed by atoms with Crippen molar-refractivity contribution >= 4 is 109 Å². The molecule has 0 atom stereocenters. The Balaban J connectivity index is 0.000000232. The summed E-state index contributed by atoms with van der Waals surface area (Å²) >= 11 is 11.3. The number of alkyl halides is 4. The van der Waals surface area contributed by atoms with E-state index in [4.69, 9.17) is 61.6 Å². The van der Waals surface area contributed by atoms with Crippen molar-refractivity contribution in [1.82, 2.24) is 19.9 Å². The minimum absolute atomic E-state index is 0.0235. The number of amides is 2. The zero-order valence-electron chi connectivity index (χ0n) is 43.6. The number of hydrogen-bond acceptors (Lipinski definition) is 14. The number of nitrogens with zero attached hydrogens (tertiary/aromatic N) is 10. The fourth-order valence-electron chi connectivity index (χ4n) is 8.41. The fourth-order valence-corrected chi connectivity index (χ4v) is 9.45. The highest BCUT2D eigenvalue weighted by molar-refractivity contribution is 7.81. The number of halogens is 6. The maximum atomic E-state index is 15.5. The summed E-state index contributed by atoms with van der Waals surface area (Å²) in [6.45, 7) is 28.1. The average Bonchev–Trinajstić information content (AvgIpc) is 3.96. The van der Waals surface area contributed by atoms with E-state index >= 15 is 8.78 Å². The van der Waals surface area contributed by atoms with Crippen molar-refractivity contribution in [2.75, 3.05) is 46.0 Å². The maximum Gasteiger partial charge on any atom is 0.508 e. The third kappa shape index (κ3) is 11.6. The number of hydrogen-bond donors (Lipinski definition) is 1. The van der Waals surface area contributed by atoms with Crippen LogP contribution in [0.15, 0.2) is 60.7 Å². The van der Waals surface area contributed by atoms with Gasteiger partial charge in [-0.2, -0.15) is 9.97 Å². The van der Waals surface area contributed by atoms with Crippen molar-refractivity contribution in [3.8, 4) is 11.8 Å². The van der Waals surface area contributed by atoms with E-state index in [-0.39, 0.29) is 69.9 Å². The lowest BCUT2D eigenvalue weighted by Crippen LogP contribution is -2.44. The minimum Gasteiger partial charge on any atom is -0.475 e. The summed E-state index contributed by atoms with van der Waals surface area (Å²) in [6, 6.07) is 14.6. The topological polar surface area (TPSA) is 182 Å². The van der Waals surface area contributed by atoms with Crippen LogP contribution in [0.2, 0.25) is 0 Å². The molecule has 0 unspecified atom stereocenters. The van der Waals surface area contributed by atoms with E-state index in [1.165, 1.54) is 31.7 Å². The van der Waals surface area contributed by atoms with E-state index in [1.54, 1.807) is 98.7 Å². The summed E-state index contributed by atoms with van der Waals surface area (Å²) in [4.78, 5) is 66.0. The molecule has 2 aliphatic heterocycles. The molecule has 4 heterocycles. The lowest BCUT2D eigenvalue weighted by molar-refractivity contribution is -0.121. The zero-order valence-corrected chi connectivity index (χ0v) is 45.3. The first-order valence-corrected chi connectivity index (χ1v) is 24.5. The van der Waals surface area contributed by atoms with E-state index < -0.39 is 82.5 Å². The smallest absolute Gasteiger partial charge is 0.475 e. The Kier molecular flexibility index (Phi) is 16.7. The van der Waals surface area contributed by atoms with Crippen LogP contribution in [-0.4, -0.2) is 96.3 Å². The summed E-state index contributed by atoms with van der Waals surface area (Å²) in [5.41, 5.74) is -0.873. The molecule has 2 amide bonds. The van der Waals surface area contributed by atoms with Crippen LogP contribution in [0.5, 0.6) is 11.8 Å². The first kappa shape index (κ1) is 58.4. The molecule has 0 saturated carbocycles. The number of anilines is 4. The van der Waals surface area contributed by atoms with Gasteiger partial charge < -0.3 is 33.9 Å². The van der Waals surface area contributed by atoms with E-state index in [0.29, 0.717) is 33.9 Å². The zero-order chi connectivity index (χ0) is 58.2. The summed E-state index contributed by atoms with van der Waals surface area (Å²) in [5, 5.41) is 9.10. The third-order valence-electron chi connectivity index (χ3n) is 12.1. The number of carbonyl (C=O) groups excluding carboxylic acids is 3. The van der Waals surface area contributed by atoms with Crippen LogP contribution >= 0.6 is 24.4 Å². The molecule has 79 heavy (non-hydrogen) atoms. The number of rotatable bonds is 13. The van der Waals surface area contributed by atoms with Crippen molar-refractivity contribution in [2.24, 2.45) is 0 Å². The Morgan fingerprint density at radius 3 is 1.42 bits per heavy atom. The van der Waals surface area contributed by atoms with Gasteiger partial charge in [-0.3, -0.25) is 19.4 Å². The number of aryl methyl sites for hydroxylation is 2. The van der Waals surface area contributed by atoms with Gasteiger partial charge in [-0.15, -0.1) is 0 Å². The van der Waals surface area contributed by atoms with Gasteiger partial charge in [0.2, 0.25) is 11.8 Å². The van der Waals surface area contributed by atoms with Gasteiger partial charge in [0.15, 0.2) is 44.9 Å². The molecule has 412 valence electrons. The van der Waals surface area contributed by atoms with E-state index in [1.807, 2.05) is 0 Å². The second kappa shape index (κ2) is 22.6. The second-order valence-electron chi connectivity index (χ2n) is 19.6. The number of aromatic nitrogens is 4. The molecular formula is C53H48F6N10O8S2. The molecule has 0 aliphatic carbocycles. The standard InChI is InChI=1S/C29H28F3N5O5S.C24H20F3N5O3S/c1-15-12-16(8-9-20(15)33-7)36-25(38)29(5,6)37(26(36)43)17-13-18-21(19(30)14-17)34-23(22(31)32)35-24(18)40-10-11-41-27(39)42-28(2,3)4;1-12-9-13(5-6-17(12)28-4)31-22(34)24(2,3)32(23(31)36)14-10-15-18(16(25)11-14)29-20(19(26)27)30-21(15)35-8-7-33/h8-9,12-14,22H,10-11H2,1-6H3;5-6,9-11,19,33H,7-8H2,1-3H3. The first-order valence-electron chi connectivity index (χ1n) is 23.7. The third-order valence-corrected chi connectivity index (χ3v) is 12.8. The number of fused-ring (bicyclic) bond motifs is 2. The fraction of sp³-hybridized carbons (Fsp3) is 0.340. The Morgan fingerprint density at radius 2 is 1.06 bits per heavy atom. The Labute approximate surface area is 459 Å². The second-order valence-corrected chi connectivity index (χ2v) is 20.3. The number of carbonyl (C=O) groups is 3. The van der Waals surface area contributed by atoms with Crippen LogP contribution in [0, 0.1) is 38.6 Å². The molecule has 0 radical (unpaired) electrons. The van der Waals surface area contributed by atoms with Crippen LogP contribution in [-0.2, 0) is 19.1 Å². The molecule has 0 bridgehead atoms. The number of thiocarbonyl (C=S) groups is 2. The Hall–Kier alpha value is -8.33. The molecule has 4 aromatic carbocycles. The minimum atomic E-state index is -3.13. The molecule has 2 aliphatic rings. The van der Waals surface area contributed by atoms with Gasteiger partial charge in [0.25, 0.3) is 24.7 Å². The highest BCUT2D eigenvalue weighted by Gasteiger charge is 2.52. The lowest BCUT2D eigenvalue weighted by atomic mass is 10.0. The summed E-state index contributed by atoms with van der Waals surface area (Å²) in [7, 11) is 0. The van der Waals surface area contributed by atoms with Crippen LogP contribution < -0.4 is 29.1 Å². The predicted octanol–water partition coefficient (Wildman–Crippen LogP) is 11.7. The Bertz CT molecular complexity index is 3570. The monoisotopic (exact) mass is 1130 g/mol. The SMILES string of the molecule is [C-]#[N+]c1ccc(N2C(=O)C(C)(C)N(c3cc(F)c4nc(C(F)F)nc(OCCO)c4c3)C2=S)cc1C.[C-]#[N+]c1ccc(N2C(=O)C(C)(C)N(c3cc(F)c4nc(C(F)F)nc(OCCOC(=O)OC(C)(C)C)c4c3)C2=S)cc1C. The molecule has 0 spiro atoms. The quantitative estimate of drug-likeness (QED) is 0.0379. The van der Waals surface area contributed by atoms with Crippen LogP contribution in [0.1, 0.15) is 84.1 Å². The molecule has 18 nitrogen and oxygen atoms in total. The highest BCUT2D eigenvalue weighted by Crippen LogP contribution is 2.43. The number of benzene rings is 4. The number of aliphatic hydroxyl groups excluding tert-OH is 1. The summed E-state index contributed by atoms with van der Waals surface area (Å²) in [5.74, 6) is -5.31. The molecule has 26 heteroatoms.